The van der Waals surface area contributed by atoms with Crippen LogP contribution in [0.3, 0.4) is 0 Å². The van der Waals surface area contributed by atoms with Crippen LogP contribution in [0.25, 0.3) is 17.1 Å². The zero-order chi connectivity index (χ0) is 22.3. The number of para-hydroxylation sites is 1. The number of amides is 1. The number of halogens is 1. The first kappa shape index (κ1) is 21.9. The predicted octanol–water partition coefficient (Wildman–Crippen LogP) is 5.00. The second-order valence-electron chi connectivity index (χ2n) is 6.90. The Kier molecular flexibility index (Phi) is 7.09. The number of thioether (sulfide) groups is 1. The molecular weight excluding hydrogens is 444 g/mol. The van der Waals surface area contributed by atoms with Gasteiger partial charge in [0.2, 0.25) is 5.91 Å². The van der Waals surface area contributed by atoms with Crippen molar-refractivity contribution in [2.75, 3.05) is 12.9 Å². The largest absolute Gasteiger partial charge is 0.497 e. The molecule has 1 amide bonds. The fourth-order valence-corrected chi connectivity index (χ4v) is 3.99. The summed E-state index contributed by atoms with van der Waals surface area (Å²) in [5.41, 5.74) is 2.81. The summed E-state index contributed by atoms with van der Waals surface area (Å²) in [5, 5.41) is 13.0. The van der Waals surface area contributed by atoms with Crippen molar-refractivity contribution in [2.24, 2.45) is 0 Å². The van der Waals surface area contributed by atoms with Crippen molar-refractivity contribution in [3.63, 3.8) is 0 Å². The summed E-state index contributed by atoms with van der Waals surface area (Å²) >= 11 is 7.38. The second-order valence-corrected chi connectivity index (χ2v) is 8.28. The van der Waals surface area contributed by atoms with Crippen LogP contribution < -0.4 is 10.1 Å². The average Bonchev–Trinajstić information content (AvgIpc) is 3.26. The van der Waals surface area contributed by atoms with Crippen LogP contribution in [-0.2, 0) is 11.3 Å². The van der Waals surface area contributed by atoms with E-state index in [1.807, 2.05) is 83.4 Å². The summed E-state index contributed by atoms with van der Waals surface area (Å²) in [5.74, 6) is 1.62. The maximum Gasteiger partial charge on any atom is 0.230 e. The molecular formula is C24H21ClN4O2S. The van der Waals surface area contributed by atoms with Crippen LogP contribution in [-0.4, -0.2) is 33.5 Å². The average molecular weight is 465 g/mol. The van der Waals surface area contributed by atoms with Gasteiger partial charge in [0.25, 0.3) is 0 Å². The molecule has 1 heterocycles. The van der Waals surface area contributed by atoms with Crippen LogP contribution in [0.5, 0.6) is 5.75 Å². The van der Waals surface area contributed by atoms with Crippen molar-refractivity contribution in [3.8, 4) is 22.8 Å². The molecule has 0 aliphatic heterocycles. The molecule has 3 aromatic carbocycles. The summed E-state index contributed by atoms with van der Waals surface area (Å²) < 4.78 is 7.11. The second kappa shape index (κ2) is 10.3. The van der Waals surface area contributed by atoms with Gasteiger partial charge in [0, 0.05) is 22.8 Å². The molecule has 0 aliphatic carbocycles. The van der Waals surface area contributed by atoms with Crippen LogP contribution >= 0.6 is 23.4 Å². The minimum absolute atomic E-state index is 0.0820. The van der Waals surface area contributed by atoms with Gasteiger partial charge in [-0.3, -0.25) is 9.36 Å². The number of aromatic nitrogens is 3. The van der Waals surface area contributed by atoms with Crippen molar-refractivity contribution in [1.82, 2.24) is 20.1 Å². The highest BCUT2D eigenvalue weighted by molar-refractivity contribution is 7.99. The molecule has 8 heteroatoms. The first-order valence-corrected chi connectivity index (χ1v) is 11.3. The number of nitrogens with one attached hydrogen (secondary N) is 1. The fraction of sp³-hybridized carbons (Fsp3) is 0.125. The topological polar surface area (TPSA) is 69.0 Å². The quantitative estimate of drug-likeness (QED) is 0.371. The molecule has 1 N–H and O–H groups in total. The predicted molar refractivity (Wildman–Crippen MR) is 127 cm³/mol. The van der Waals surface area contributed by atoms with Crippen LogP contribution in [0.15, 0.2) is 84.0 Å². The molecule has 4 aromatic rings. The van der Waals surface area contributed by atoms with Gasteiger partial charge in [-0.1, -0.05) is 53.7 Å². The molecule has 0 bridgehead atoms. The summed E-state index contributed by atoms with van der Waals surface area (Å²) in [4.78, 5) is 12.4. The number of ether oxygens (including phenoxy) is 1. The molecule has 1 aromatic heterocycles. The van der Waals surface area contributed by atoms with Crippen molar-refractivity contribution in [3.05, 3.63) is 89.4 Å². The number of benzene rings is 3. The van der Waals surface area contributed by atoms with Crippen molar-refractivity contribution < 1.29 is 9.53 Å². The van der Waals surface area contributed by atoms with E-state index in [-0.39, 0.29) is 11.7 Å². The Bertz CT molecular complexity index is 1180. The smallest absolute Gasteiger partial charge is 0.230 e. The number of hydrogen-bond acceptors (Lipinski definition) is 5. The van der Waals surface area contributed by atoms with Gasteiger partial charge in [0.15, 0.2) is 11.0 Å². The van der Waals surface area contributed by atoms with Crippen molar-refractivity contribution in [1.29, 1.82) is 0 Å². The SMILES string of the molecule is COc1ccc(CNC(=O)CSc2nnc(-c3ccc(Cl)cc3)n2-c2ccccc2)cc1. The normalized spacial score (nSPS) is 10.7. The molecule has 0 saturated heterocycles. The van der Waals surface area contributed by atoms with Gasteiger partial charge in [-0.25, -0.2) is 0 Å². The van der Waals surface area contributed by atoms with E-state index < -0.39 is 0 Å². The van der Waals surface area contributed by atoms with Gasteiger partial charge in [0.1, 0.15) is 5.75 Å². The number of nitrogens with zero attached hydrogens (tertiary/aromatic N) is 3. The highest BCUT2D eigenvalue weighted by Gasteiger charge is 2.17. The van der Waals surface area contributed by atoms with E-state index in [0.29, 0.717) is 22.5 Å². The first-order valence-electron chi connectivity index (χ1n) is 9.93. The summed E-state index contributed by atoms with van der Waals surface area (Å²) in [6, 6.07) is 24.9. The van der Waals surface area contributed by atoms with E-state index >= 15 is 0 Å². The van der Waals surface area contributed by atoms with Gasteiger partial charge in [-0.05, 0) is 54.1 Å². The van der Waals surface area contributed by atoms with E-state index in [4.69, 9.17) is 16.3 Å². The number of carbonyl (C=O) groups is 1. The van der Waals surface area contributed by atoms with Gasteiger partial charge >= 0.3 is 0 Å². The molecule has 0 radical (unpaired) electrons. The lowest BCUT2D eigenvalue weighted by atomic mass is 10.2. The molecule has 0 fully saturated rings. The lowest BCUT2D eigenvalue weighted by Gasteiger charge is -2.10. The van der Waals surface area contributed by atoms with Crippen LogP contribution in [0, 0.1) is 0 Å². The number of methoxy groups -OCH3 is 1. The molecule has 162 valence electrons. The van der Waals surface area contributed by atoms with Crippen molar-refractivity contribution >= 4 is 29.3 Å². The Morgan fingerprint density at radius 3 is 2.41 bits per heavy atom. The highest BCUT2D eigenvalue weighted by atomic mass is 35.5. The molecule has 0 spiro atoms. The Labute approximate surface area is 195 Å². The standard InChI is InChI=1S/C24H21ClN4O2S/c1-31-21-13-7-17(8-14-21)15-26-22(30)16-32-24-28-27-23(18-9-11-19(25)12-10-18)29(24)20-5-3-2-4-6-20/h2-14H,15-16H2,1H3,(H,26,30). The van der Waals surface area contributed by atoms with Gasteiger partial charge in [-0.2, -0.15) is 0 Å². The van der Waals surface area contributed by atoms with Crippen LogP contribution in [0.1, 0.15) is 5.56 Å². The van der Waals surface area contributed by atoms with Gasteiger partial charge in [-0.15, -0.1) is 10.2 Å². The Morgan fingerprint density at radius 1 is 1.00 bits per heavy atom. The van der Waals surface area contributed by atoms with Crippen molar-refractivity contribution in [2.45, 2.75) is 11.7 Å². The number of rotatable bonds is 8. The van der Waals surface area contributed by atoms with E-state index in [9.17, 15) is 4.79 Å². The third kappa shape index (κ3) is 5.30. The monoisotopic (exact) mass is 464 g/mol. The van der Waals surface area contributed by atoms with Gasteiger partial charge in [0.05, 0.1) is 12.9 Å². The highest BCUT2D eigenvalue weighted by Crippen LogP contribution is 2.28. The van der Waals surface area contributed by atoms with E-state index in [0.717, 1.165) is 22.6 Å². The summed E-state index contributed by atoms with van der Waals surface area (Å²) in [7, 11) is 1.63. The zero-order valence-corrected chi connectivity index (χ0v) is 18.9. The Morgan fingerprint density at radius 2 is 1.72 bits per heavy atom. The molecule has 0 atom stereocenters. The molecule has 0 unspecified atom stereocenters. The van der Waals surface area contributed by atoms with Gasteiger partial charge < -0.3 is 10.1 Å². The molecule has 4 rings (SSSR count). The summed E-state index contributed by atoms with van der Waals surface area (Å²) in [6.45, 7) is 0.449. The van der Waals surface area contributed by atoms with E-state index in [2.05, 4.69) is 15.5 Å². The zero-order valence-electron chi connectivity index (χ0n) is 17.4. The Hall–Kier alpha value is -3.29. The first-order chi connectivity index (χ1) is 15.6. The fourth-order valence-electron chi connectivity index (χ4n) is 3.08. The molecule has 0 aliphatic rings. The third-order valence-electron chi connectivity index (χ3n) is 4.73. The maximum atomic E-state index is 12.4. The summed E-state index contributed by atoms with van der Waals surface area (Å²) in [6.07, 6.45) is 0. The molecule has 0 saturated carbocycles. The number of hydrogen-bond donors (Lipinski definition) is 1. The van der Waals surface area contributed by atoms with E-state index in [1.165, 1.54) is 11.8 Å². The minimum atomic E-state index is -0.0820. The maximum absolute atomic E-state index is 12.4. The molecule has 32 heavy (non-hydrogen) atoms. The Balaban J connectivity index is 1.48. The van der Waals surface area contributed by atoms with E-state index in [1.54, 1.807) is 7.11 Å². The lowest BCUT2D eigenvalue weighted by Crippen LogP contribution is -2.24. The van der Waals surface area contributed by atoms with Crippen LogP contribution in [0.4, 0.5) is 0 Å². The third-order valence-corrected chi connectivity index (χ3v) is 5.91. The molecule has 6 nitrogen and oxygen atoms in total. The van der Waals surface area contributed by atoms with Crippen LogP contribution in [0.2, 0.25) is 5.02 Å². The lowest BCUT2D eigenvalue weighted by molar-refractivity contribution is -0.118. The minimum Gasteiger partial charge on any atom is -0.497 e. The number of carbonyl (C=O) groups excluding carboxylic acids is 1.